The molecule has 0 N–H and O–H groups in total. The van der Waals surface area contributed by atoms with Crippen LogP contribution in [0, 0.1) is 0 Å². The van der Waals surface area contributed by atoms with Gasteiger partial charge in [0.2, 0.25) is 11.6 Å². The lowest BCUT2D eigenvalue weighted by Crippen LogP contribution is -1.95. The van der Waals surface area contributed by atoms with Gasteiger partial charge in [-0.1, -0.05) is 164 Å². The molecule has 68 heavy (non-hydrogen) atoms. The zero-order chi connectivity index (χ0) is 44.7. The summed E-state index contributed by atoms with van der Waals surface area (Å²) in [5.41, 5.74) is 22.4. The SMILES string of the molecule is c1ccc(-c2ccc(-c3cccc(-c4ccc(-n5c6ccc(-c7ccc8c(c7)n7c9ccccc9nc7n8-c7ccc(-c8ccccc8)cc7)cc6n6c7ccccc7nc56)cc4)c3)cc2)cc1. The quantitative estimate of drug-likeness (QED) is 0.160. The van der Waals surface area contributed by atoms with Crippen LogP contribution < -0.4 is 0 Å². The van der Waals surface area contributed by atoms with Crippen molar-refractivity contribution in [3.05, 3.63) is 243 Å². The Morgan fingerprint density at radius 3 is 0.985 bits per heavy atom. The third-order valence-corrected chi connectivity index (χ3v) is 13.6. The van der Waals surface area contributed by atoms with Crippen LogP contribution in [0.5, 0.6) is 0 Å². The lowest BCUT2D eigenvalue weighted by molar-refractivity contribution is 1.11. The number of nitrogens with zero attached hydrogens (tertiary/aromatic N) is 6. The molecule has 4 aromatic heterocycles. The first-order chi connectivity index (χ1) is 33.7. The van der Waals surface area contributed by atoms with Crippen LogP contribution in [0.4, 0.5) is 0 Å². The topological polar surface area (TPSA) is 44.5 Å². The van der Waals surface area contributed by atoms with Crippen molar-refractivity contribution in [3.63, 3.8) is 0 Å². The minimum atomic E-state index is 0.879. The molecule has 318 valence electrons. The molecule has 10 aromatic carbocycles. The first-order valence-corrected chi connectivity index (χ1v) is 23.1. The number of aromatic nitrogens is 6. The molecular formula is C62H40N6. The maximum Gasteiger partial charge on any atom is 0.220 e. The highest BCUT2D eigenvalue weighted by atomic mass is 15.2. The summed E-state index contributed by atoms with van der Waals surface area (Å²) in [6.07, 6.45) is 0. The first-order valence-electron chi connectivity index (χ1n) is 23.1. The Morgan fingerprint density at radius 1 is 0.221 bits per heavy atom. The molecule has 14 aromatic rings. The molecule has 0 saturated carbocycles. The minimum Gasteiger partial charge on any atom is -0.278 e. The summed E-state index contributed by atoms with van der Waals surface area (Å²) in [4.78, 5) is 10.5. The van der Waals surface area contributed by atoms with Crippen LogP contribution in [0.15, 0.2) is 243 Å². The van der Waals surface area contributed by atoms with E-state index in [0.29, 0.717) is 0 Å². The molecule has 4 heterocycles. The van der Waals surface area contributed by atoms with E-state index in [2.05, 4.69) is 261 Å². The van der Waals surface area contributed by atoms with Crippen LogP contribution >= 0.6 is 0 Å². The van der Waals surface area contributed by atoms with Gasteiger partial charge in [-0.3, -0.25) is 17.9 Å². The lowest BCUT2D eigenvalue weighted by atomic mass is 9.97. The lowest BCUT2D eigenvalue weighted by Gasteiger charge is -2.10. The van der Waals surface area contributed by atoms with Gasteiger partial charge >= 0.3 is 0 Å². The fourth-order valence-corrected chi connectivity index (χ4v) is 10.3. The van der Waals surface area contributed by atoms with Gasteiger partial charge in [0.25, 0.3) is 0 Å². The molecule has 0 aliphatic carbocycles. The number of para-hydroxylation sites is 4. The van der Waals surface area contributed by atoms with Gasteiger partial charge in [-0.25, -0.2) is 9.97 Å². The van der Waals surface area contributed by atoms with Crippen LogP contribution in [0.25, 0.3) is 123 Å². The highest BCUT2D eigenvalue weighted by Gasteiger charge is 2.21. The second kappa shape index (κ2) is 15.2. The summed E-state index contributed by atoms with van der Waals surface area (Å²) in [6.45, 7) is 0. The third kappa shape index (κ3) is 6.05. The molecule has 0 spiro atoms. The molecule has 0 atom stereocenters. The van der Waals surface area contributed by atoms with Crippen LogP contribution in [0.3, 0.4) is 0 Å². The third-order valence-electron chi connectivity index (χ3n) is 13.6. The second-order valence-electron chi connectivity index (χ2n) is 17.5. The van der Waals surface area contributed by atoms with E-state index < -0.39 is 0 Å². The molecule has 0 aliphatic heterocycles. The average Bonchev–Trinajstić information content (AvgIpc) is 4.16. The molecule has 0 amide bonds. The number of benzene rings is 10. The highest BCUT2D eigenvalue weighted by Crippen LogP contribution is 2.37. The highest BCUT2D eigenvalue weighted by molar-refractivity contribution is 5.97. The predicted molar refractivity (Wildman–Crippen MR) is 280 cm³/mol. The second-order valence-corrected chi connectivity index (χ2v) is 17.5. The van der Waals surface area contributed by atoms with Crippen molar-refractivity contribution in [3.8, 4) is 67.0 Å². The molecule has 0 bridgehead atoms. The molecular weight excluding hydrogens is 829 g/mol. The van der Waals surface area contributed by atoms with Crippen molar-refractivity contribution >= 4 is 55.7 Å². The van der Waals surface area contributed by atoms with Crippen LogP contribution in [0.2, 0.25) is 0 Å². The molecule has 0 fully saturated rings. The molecule has 14 rings (SSSR count). The minimum absolute atomic E-state index is 0.879. The summed E-state index contributed by atoms with van der Waals surface area (Å²) in [7, 11) is 0. The van der Waals surface area contributed by atoms with Crippen molar-refractivity contribution in [2.24, 2.45) is 0 Å². The van der Waals surface area contributed by atoms with Crippen molar-refractivity contribution in [1.29, 1.82) is 0 Å². The summed E-state index contributed by atoms with van der Waals surface area (Å²) < 4.78 is 9.19. The van der Waals surface area contributed by atoms with E-state index in [1.807, 2.05) is 0 Å². The fraction of sp³-hybridized carbons (Fsp3) is 0. The van der Waals surface area contributed by atoms with E-state index >= 15 is 0 Å². The number of imidazole rings is 4. The van der Waals surface area contributed by atoms with E-state index in [1.165, 1.54) is 38.9 Å². The number of hydrogen-bond acceptors (Lipinski definition) is 2. The maximum atomic E-state index is 5.25. The number of fused-ring (bicyclic) bond motifs is 10. The summed E-state index contributed by atoms with van der Waals surface area (Å²) >= 11 is 0. The zero-order valence-electron chi connectivity index (χ0n) is 36.8. The summed E-state index contributed by atoms with van der Waals surface area (Å²) in [5.74, 6) is 1.77. The standard InChI is InChI=1S/C62H40N6/c1-3-12-41(13-4-1)43-22-24-45(25-23-43)47-16-11-17-48(38-47)46-28-34-52(35-29-46)66-58-37-31-50(40-60(58)68-56-21-10-8-19-54(56)64-62(66)68)49-30-36-57-59(39-49)67-55-20-9-7-18-53(55)63-61(67)65(57)51-32-26-44(27-33-51)42-14-5-2-6-15-42/h1-40H. The average molecular weight is 869 g/mol. The van der Waals surface area contributed by atoms with Gasteiger partial charge in [-0.15, -0.1) is 0 Å². The molecule has 6 heteroatoms. The van der Waals surface area contributed by atoms with Crippen LogP contribution in [-0.4, -0.2) is 27.9 Å². The summed E-state index contributed by atoms with van der Waals surface area (Å²) in [5, 5.41) is 0. The molecule has 0 radical (unpaired) electrons. The fourth-order valence-electron chi connectivity index (χ4n) is 10.3. The maximum absolute atomic E-state index is 5.25. The van der Waals surface area contributed by atoms with Crippen molar-refractivity contribution in [2.45, 2.75) is 0 Å². The van der Waals surface area contributed by atoms with Gasteiger partial charge in [-0.2, -0.15) is 0 Å². The van der Waals surface area contributed by atoms with E-state index in [-0.39, 0.29) is 0 Å². The first kappa shape index (κ1) is 38.1. The predicted octanol–water partition coefficient (Wildman–Crippen LogP) is 15.5. The van der Waals surface area contributed by atoms with E-state index in [1.54, 1.807) is 0 Å². The Kier molecular flexibility index (Phi) is 8.48. The van der Waals surface area contributed by atoms with Gasteiger partial charge in [0.15, 0.2) is 0 Å². The summed E-state index contributed by atoms with van der Waals surface area (Å²) in [6, 6.07) is 86.9. The largest absolute Gasteiger partial charge is 0.278 e. The Balaban J connectivity index is 0.859. The van der Waals surface area contributed by atoms with E-state index in [0.717, 1.165) is 83.8 Å². The van der Waals surface area contributed by atoms with Crippen LogP contribution in [-0.2, 0) is 0 Å². The molecule has 0 unspecified atom stereocenters. The van der Waals surface area contributed by atoms with Crippen molar-refractivity contribution in [1.82, 2.24) is 27.9 Å². The number of hydrogen-bond donors (Lipinski definition) is 0. The Hall–Kier alpha value is -9.26. The molecule has 0 saturated heterocycles. The Labute approximate surface area is 391 Å². The Morgan fingerprint density at radius 2 is 0.544 bits per heavy atom. The van der Waals surface area contributed by atoms with Gasteiger partial charge in [0.05, 0.1) is 44.1 Å². The van der Waals surface area contributed by atoms with Crippen molar-refractivity contribution in [2.75, 3.05) is 0 Å². The zero-order valence-corrected chi connectivity index (χ0v) is 36.8. The smallest absolute Gasteiger partial charge is 0.220 e. The normalized spacial score (nSPS) is 11.8. The van der Waals surface area contributed by atoms with Gasteiger partial charge in [0.1, 0.15) is 0 Å². The molecule has 6 nitrogen and oxygen atoms in total. The monoisotopic (exact) mass is 868 g/mol. The number of rotatable bonds is 7. The van der Waals surface area contributed by atoms with Gasteiger partial charge in [-0.05, 0) is 134 Å². The van der Waals surface area contributed by atoms with Gasteiger partial charge < -0.3 is 0 Å². The van der Waals surface area contributed by atoms with E-state index in [4.69, 9.17) is 9.97 Å². The molecule has 0 aliphatic rings. The van der Waals surface area contributed by atoms with Crippen molar-refractivity contribution < 1.29 is 0 Å². The van der Waals surface area contributed by atoms with E-state index in [9.17, 15) is 0 Å². The van der Waals surface area contributed by atoms with Gasteiger partial charge in [0, 0.05) is 11.4 Å². The Bertz CT molecular complexity index is 4210. The van der Waals surface area contributed by atoms with Crippen LogP contribution in [0.1, 0.15) is 0 Å².